The van der Waals surface area contributed by atoms with E-state index in [1.165, 1.54) is 0 Å². The van der Waals surface area contributed by atoms with Gasteiger partial charge in [-0.3, -0.25) is 9.59 Å². The topological polar surface area (TPSA) is 58.6 Å². The van der Waals surface area contributed by atoms with Crippen LogP contribution in [0.25, 0.3) is 0 Å². The fourth-order valence-corrected chi connectivity index (χ4v) is 3.44. The van der Waals surface area contributed by atoms with Crippen molar-refractivity contribution in [1.82, 2.24) is 4.90 Å². The van der Waals surface area contributed by atoms with Gasteiger partial charge in [0.2, 0.25) is 0 Å². The second-order valence-corrected chi connectivity index (χ2v) is 7.58. The molecule has 0 spiro atoms. The summed E-state index contributed by atoms with van der Waals surface area (Å²) in [7, 11) is 0. The molecule has 0 unspecified atom stereocenters. The molecule has 5 heteroatoms. The SMILES string of the molecule is Cc1ccc(C(C)C)c(OCC(=O)Nc2ccccc2C(=O)N2CCCC2)c1. The smallest absolute Gasteiger partial charge is 0.262 e. The second-order valence-electron chi connectivity index (χ2n) is 7.58. The Hall–Kier alpha value is -2.82. The molecule has 0 atom stereocenters. The van der Waals surface area contributed by atoms with E-state index in [-0.39, 0.29) is 18.4 Å². The van der Waals surface area contributed by atoms with Crippen molar-refractivity contribution in [3.8, 4) is 5.75 Å². The van der Waals surface area contributed by atoms with Crippen LogP contribution in [0, 0.1) is 6.92 Å². The molecule has 3 rings (SSSR count). The summed E-state index contributed by atoms with van der Waals surface area (Å²) in [5, 5.41) is 2.84. The quantitative estimate of drug-likeness (QED) is 0.809. The van der Waals surface area contributed by atoms with Gasteiger partial charge in [-0.15, -0.1) is 0 Å². The van der Waals surface area contributed by atoms with E-state index in [1.807, 2.05) is 42.2 Å². The number of likely N-dealkylation sites (tertiary alicyclic amines) is 1. The summed E-state index contributed by atoms with van der Waals surface area (Å²) in [6.07, 6.45) is 2.06. The molecule has 2 amide bonds. The van der Waals surface area contributed by atoms with Crippen LogP contribution >= 0.6 is 0 Å². The molecule has 0 bridgehead atoms. The van der Waals surface area contributed by atoms with Gasteiger partial charge in [-0.1, -0.05) is 38.1 Å². The van der Waals surface area contributed by atoms with Crippen LogP contribution in [0.3, 0.4) is 0 Å². The molecule has 5 nitrogen and oxygen atoms in total. The molecule has 0 aromatic heterocycles. The van der Waals surface area contributed by atoms with Crippen LogP contribution < -0.4 is 10.1 Å². The maximum absolute atomic E-state index is 12.7. The highest BCUT2D eigenvalue weighted by atomic mass is 16.5. The van der Waals surface area contributed by atoms with Gasteiger partial charge >= 0.3 is 0 Å². The Balaban J connectivity index is 1.68. The molecule has 1 aliphatic heterocycles. The Morgan fingerprint density at radius 1 is 1.11 bits per heavy atom. The number of carbonyl (C=O) groups is 2. The van der Waals surface area contributed by atoms with Gasteiger partial charge in [0.25, 0.3) is 11.8 Å². The number of aryl methyl sites for hydroxylation is 1. The van der Waals surface area contributed by atoms with Crippen LogP contribution in [0.1, 0.15) is 54.1 Å². The molecular weight excluding hydrogens is 352 g/mol. The van der Waals surface area contributed by atoms with Crippen molar-refractivity contribution in [2.45, 2.75) is 39.5 Å². The molecule has 1 fully saturated rings. The Morgan fingerprint density at radius 2 is 1.82 bits per heavy atom. The Morgan fingerprint density at radius 3 is 2.54 bits per heavy atom. The van der Waals surface area contributed by atoms with Gasteiger partial charge in [-0.2, -0.15) is 0 Å². The maximum atomic E-state index is 12.7. The molecule has 2 aromatic rings. The molecule has 2 aromatic carbocycles. The molecule has 148 valence electrons. The molecular formula is C23H28N2O3. The first-order chi connectivity index (χ1) is 13.5. The summed E-state index contributed by atoms with van der Waals surface area (Å²) in [5.74, 6) is 0.719. The third kappa shape index (κ3) is 4.71. The second kappa shape index (κ2) is 8.91. The predicted octanol–water partition coefficient (Wildman–Crippen LogP) is 4.37. The van der Waals surface area contributed by atoms with Crippen LogP contribution in [0.4, 0.5) is 5.69 Å². The minimum absolute atomic E-state index is 0.0323. The first-order valence-corrected chi connectivity index (χ1v) is 9.87. The number of nitrogens with one attached hydrogen (secondary N) is 1. The minimum atomic E-state index is -0.280. The number of hydrogen-bond acceptors (Lipinski definition) is 3. The van der Waals surface area contributed by atoms with Crippen molar-refractivity contribution in [1.29, 1.82) is 0 Å². The van der Waals surface area contributed by atoms with Crippen LogP contribution in [0.5, 0.6) is 5.75 Å². The zero-order chi connectivity index (χ0) is 20.1. The normalized spacial score (nSPS) is 13.6. The number of rotatable bonds is 6. The zero-order valence-electron chi connectivity index (χ0n) is 16.8. The van der Waals surface area contributed by atoms with Gasteiger partial charge < -0.3 is 15.0 Å². The summed E-state index contributed by atoms with van der Waals surface area (Å²) in [4.78, 5) is 27.1. The van der Waals surface area contributed by atoms with E-state index >= 15 is 0 Å². The fourth-order valence-electron chi connectivity index (χ4n) is 3.44. The molecule has 0 saturated carbocycles. The number of hydrogen-bond donors (Lipinski definition) is 1. The third-order valence-corrected chi connectivity index (χ3v) is 4.97. The Kier molecular flexibility index (Phi) is 6.34. The lowest BCUT2D eigenvalue weighted by Gasteiger charge is -2.18. The monoisotopic (exact) mass is 380 g/mol. The maximum Gasteiger partial charge on any atom is 0.262 e. The van der Waals surface area contributed by atoms with Crippen molar-refractivity contribution in [3.05, 3.63) is 59.2 Å². The molecule has 1 N–H and O–H groups in total. The van der Waals surface area contributed by atoms with Gasteiger partial charge in [-0.05, 0) is 55.0 Å². The Bertz CT molecular complexity index is 855. The van der Waals surface area contributed by atoms with Crippen LogP contribution in [-0.4, -0.2) is 36.4 Å². The first kappa shape index (κ1) is 19.9. The molecule has 0 radical (unpaired) electrons. The van der Waals surface area contributed by atoms with Crippen LogP contribution in [0.2, 0.25) is 0 Å². The van der Waals surface area contributed by atoms with Crippen molar-refractivity contribution in [2.75, 3.05) is 25.0 Å². The summed E-state index contributed by atoms with van der Waals surface area (Å²) < 4.78 is 5.81. The lowest BCUT2D eigenvalue weighted by molar-refractivity contribution is -0.118. The molecule has 1 heterocycles. The number of anilines is 1. The van der Waals surface area contributed by atoms with Gasteiger partial charge in [0.15, 0.2) is 6.61 Å². The number of para-hydroxylation sites is 1. The molecule has 1 aliphatic rings. The van der Waals surface area contributed by atoms with E-state index in [2.05, 4.69) is 19.2 Å². The zero-order valence-corrected chi connectivity index (χ0v) is 16.8. The van der Waals surface area contributed by atoms with E-state index in [1.54, 1.807) is 12.1 Å². The Labute approximate surface area is 166 Å². The number of amides is 2. The van der Waals surface area contributed by atoms with Crippen molar-refractivity contribution >= 4 is 17.5 Å². The summed E-state index contributed by atoms with van der Waals surface area (Å²) in [5.41, 5.74) is 3.21. The predicted molar refractivity (Wildman–Crippen MR) is 111 cm³/mol. The van der Waals surface area contributed by atoms with Crippen molar-refractivity contribution < 1.29 is 14.3 Å². The summed E-state index contributed by atoms with van der Waals surface area (Å²) in [6.45, 7) is 7.63. The van der Waals surface area contributed by atoms with Gasteiger partial charge in [0.05, 0.1) is 11.3 Å². The third-order valence-electron chi connectivity index (χ3n) is 4.97. The van der Waals surface area contributed by atoms with E-state index < -0.39 is 0 Å². The van der Waals surface area contributed by atoms with E-state index in [9.17, 15) is 9.59 Å². The van der Waals surface area contributed by atoms with Gasteiger partial charge in [0.1, 0.15) is 5.75 Å². The van der Waals surface area contributed by atoms with Crippen molar-refractivity contribution in [3.63, 3.8) is 0 Å². The van der Waals surface area contributed by atoms with Crippen LogP contribution in [-0.2, 0) is 4.79 Å². The van der Waals surface area contributed by atoms with Gasteiger partial charge in [0, 0.05) is 13.1 Å². The van der Waals surface area contributed by atoms with E-state index in [0.29, 0.717) is 17.2 Å². The summed E-state index contributed by atoms with van der Waals surface area (Å²) >= 11 is 0. The average Bonchev–Trinajstić information content (AvgIpc) is 3.21. The van der Waals surface area contributed by atoms with E-state index in [4.69, 9.17) is 4.74 Å². The molecule has 1 saturated heterocycles. The standard InChI is InChI=1S/C23H28N2O3/c1-16(2)18-11-10-17(3)14-21(18)28-15-22(26)24-20-9-5-4-8-19(20)23(27)25-12-6-7-13-25/h4-5,8-11,14,16H,6-7,12-13,15H2,1-3H3,(H,24,26). The average molecular weight is 380 g/mol. The lowest BCUT2D eigenvalue weighted by Crippen LogP contribution is -2.29. The highest BCUT2D eigenvalue weighted by molar-refractivity contribution is 6.04. The largest absolute Gasteiger partial charge is 0.483 e. The summed E-state index contributed by atoms with van der Waals surface area (Å²) in [6, 6.07) is 13.2. The lowest BCUT2D eigenvalue weighted by atomic mass is 10.0. The number of carbonyl (C=O) groups excluding carboxylic acids is 2. The number of nitrogens with zero attached hydrogens (tertiary/aromatic N) is 1. The first-order valence-electron chi connectivity index (χ1n) is 9.87. The highest BCUT2D eigenvalue weighted by Crippen LogP contribution is 2.27. The number of ether oxygens (including phenoxy) is 1. The van der Waals surface area contributed by atoms with Gasteiger partial charge in [-0.25, -0.2) is 0 Å². The minimum Gasteiger partial charge on any atom is -0.483 e. The van der Waals surface area contributed by atoms with Crippen molar-refractivity contribution in [2.24, 2.45) is 0 Å². The fraction of sp³-hybridized carbons (Fsp3) is 0.391. The molecule has 28 heavy (non-hydrogen) atoms. The van der Waals surface area contributed by atoms with Crippen LogP contribution in [0.15, 0.2) is 42.5 Å². The molecule has 0 aliphatic carbocycles. The number of benzene rings is 2. The van der Waals surface area contributed by atoms with E-state index in [0.717, 1.165) is 42.8 Å². The highest BCUT2D eigenvalue weighted by Gasteiger charge is 2.22.